The standard InChI is InChI=1S/C14H20N2O/c1-11(13-5-3-2-4-6-13)16-14(17)9-12-7-8-15-10-12/h2-6,11-12,15H,7-10H2,1H3,(H,16,17)/t11-,12?/m1/s1. The molecule has 2 rings (SSSR count). The number of nitrogens with one attached hydrogen (secondary N) is 2. The molecule has 0 aromatic heterocycles. The van der Waals surface area contributed by atoms with Crippen molar-refractivity contribution < 1.29 is 4.79 Å². The molecule has 1 aromatic rings. The summed E-state index contributed by atoms with van der Waals surface area (Å²) in [7, 11) is 0. The van der Waals surface area contributed by atoms with Crippen LogP contribution in [0.25, 0.3) is 0 Å². The van der Waals surface area contributed by atoms with Crippen LogP contribution >= 0.6 is 0 Å². The topological polar surface area (TPSA) is 41.1 Å². The normalized spacial score (nSPS) is 21.1. The van der Waals surface area contributed by atoms with Crippen molar-refractivity contribution in [2.24, 2.45) is 5.92 Å². The first-order chi connectivity index (χ1) is 8.25. The second-order valence-electron chi connectivity index (χ2n) is 4.76. The van der Waals surface area contributed by atoms with E-state index < -0.39 is 0 Å². The van der Waals surface area contributed by atoms with Gasteiger partial charge in [0.25, 0.3) is 0 Å². The third kappa shape index (κ3) is 3.56. The Morgan fingerprint density at radius 2 is 2.24 bits per heavy atom. The molecule has 1 unspecified atom stereocenters. The Kier molecular flexibility index (Phi) is 4.15. The van der Waals surface area contributed by atoms with Crippen LogP contribution in [0.2, 0.25) is 0 Å². The lowest BCUT2D eigenvalue weighted by molar-refractivity contribution is -0.122. The molecule has 2 N–H and O–H groups in total. The zero-order chi connectivity index (χ0) is 12.1. The maximum absolute atomic E-state index is 11.8. The average molecular weight is 232 g/mol. The van der Waals surface area contributed by atoms with Gasteiger partial charge in [0, 0.05) is 6.42 Å². The summed E-state index contributed by atoms with van der Waals surface area (Å²) in [4.78, 5) is 11.8. The van der Waals surface area contributed by atoms with Crippen LogP contribution in [0.4, 0.5) is 0 Å². The number of amides is 1. The van der Waals surface area contributed by atoms with Gasteiger partial charge < -0.3 is 10.6 Å². The molecule has 1 aliphatic rings. The molecule has 1 heterocycles. The fourth-order valence-electron chi connectivity index (χ4n) is 2.28. The number of carbonyl (C=O) groups excluding carboxylic acids is 1. The number of benzene rings is 1. The summed E-state index contributed by atoms with van der Waals surface area (Å²) in [5.41, 5.74) is 1.16. The fraction of sp³-hybridized carbons (Fsp3) is 0.500. The quantitative estimate of drug-likeness (QED) is 0.832. The third-order valence-electron chi connectivity index (χ3n) is 3.31. The van der Waals surface area contributed by atoms with Crippen molar-refractivity contribution in [2.75, 3.05) is 13.1 Å². The molecule has 0 spiro atoms. The van der Waals surface area contributed by atoms with Crippen LogP contribution in [0.1, 0.15) is 31.4 Å². The second-order valence-corrected chi connectivity index (χ2v) is 4.76. The molecule has 0 aliphatic carbocycles. The highest BCUT2D eigenvalue weighted by atomic mass is 16.1. The first-order valence-electron chi connectivity index (χ1n) is 6.30. The van der Waals surface area contributed by atoms with Crippen LogP contribution < -0.4 is 10.6 Å². The predicted octanol–water partition coefficient (Wildman–Crippen LogP) is 1.86. The predicted molar refractivity (Wildman–Crippen MR) is 68.6 cm³/mol. The van der Waals surface area contributed by atoms with E-state index in [0.29, 0.717) is 12.3 Å². The van der Waals surface area contributed by atoms with Gasteiger partial charge in [0.05, 0.1) is 6.04 Å². The third-order valence-corrected chi connectivity index (χ3v) is 3.31. The Morgan fingerprint density at radius 1 is 1.47 bits per heavy atom. The summed E-state index contributed by atoms with van der Waals surface area (Å²) < 4.78 is 0. The molecule has 3 heteroatoms. The Balaban J connectivity index is 1.81. The Hall–Kier alpha value is -1.35. The highest BCUT2D eigenvalue weighted by Gasteiger charge is 2.19. The molecule has 1 fully saturated rings. The number of rotatable bonds is 4. The highest BCUT2D eigenvalue weighted by molar-refractivity contribution is 5.76. The molecule has 0 saturated carbocycles. The maximum Gasteiger partial charge on any atom is 0.220 e. The summed E-state index contributed by atoms with van der Waals surface area (Å²) in [6.07, 6.45) is 1.76. The average Bonchev–Trinajstić information content (AvgIpc) is 2.82. The van der Waals surface area contributed by atoms with Crippen molar-refractivity contribution in [3.05, 3.63) is 35.9 Å². The van der Waals surface area contributed by atoms with Crippen LogP contribution in [-0.4, -0.2) is 19.0 Å². The second kappa shape index (κ2) is 5.82. The number of hydrogen-bond donors (Lipinski definition) is 2. The molecule has 0 radical (unpaired) electrons. The van der Waals surface area contributed by atoms with Crippen LogP contribution in [0.3, 0.4) is 0 Å². The van der Waals surface area contributed by atoms with Crippen molar-refractivity contribution in [3.63, 3.8) is 0 Å². The van der Waals surface area contributed by atoms with Gasteiger partial charge in [0.2, 0.25) is 5.91 Å². The van der Waals surface area contributed by atoms with Gasteiger partial charge in [-0.2, -0.15) is 0 Å². The Bertz CT molecular complexity index is 358. The number of carbonyl (C=O) groups is 1. The smallest absolute Gasteiger partial charge is 0.220 e. The van der Waals surface area contributed by atoms with E-state index in [1.165, 1.54) is 0 Å². The minimum absolute atomic E-state index is 0.0954. The summed E-state index contributed by atoms with van der Waals surface area (Å²) in [6, 6.07) is 10.2. The van der Waals surface area contributed by atoms with Gasteiger partial charge in [-0.15, -0.1) is 0 Å². The molecule has 92 valence electrons. The Morgan fingerprint density at radius 3 is 2.88 bits per heavy atom. The molecular weight excluding hydrogens is 212 g/mol. The van der Waals surface area contributed by atoms with Gasteiger partial charge >= 0.3 is 0 Å². The lowest BCUT2D eigenvalue weighted by Gasteiger charge is -2.15. The minimum Gasteiger partial charge on any atom is -0.350 e. The van der Waals surface area contributed by atoms with Crippen LogP contribution in [-0.2, 0) is 4.79 Å². The molecule has 1 aromatic carbocycles. The van der Waals surface area contributed by atoms with E-state index in [2.05, 4.69) is 10.6 Å². The van der Waals surface area contributed by atoms with Crippen LogP contribution in [0.5, 0.6) is 0 Å². The van der Waals surface area contributed by atoms with Gasteiger partial charge in [-0.1, -0.05) is 30.3 Å². The molecule has 3 nitrogen and oxygen atoms in total. The van der Waals surface area contributed by atoms with Crippen molar-refractivity contribution in [1.82, 2.24) is 10.6 Å². The lowest BCUT2D eigenvalue weighted by Crippen LogP contribution is -2.28. The lowest BCUT2D eigenvalue weighted by atomic mass is 10.0. The molecule has 1 amide bonds. The maximum atomic E-state index is 11.8. The summed E-state index contributed by atoms with van der Waals surface area (Å²) in [5, 5.41) is 6.34. The van der Waals surface area contributed by atoms with Gasteiger partial charge in [-0.25, -0.2) is 0 Å². The highest BCUT2D eigenvalue weighted by Crippen LogP contribution is 2.15. The monoisotopic (exact) mass is 232 g/mol. The molecule has 1 aliphatic heterocycles. The van der Waals surface area contributed by atoms with Gasteiger partial charge in [-0.05, 0) is 37.9 Å². The van der Waals surface area contributed by atoms with Gasteiger partial charge in [-0.3, -0.25) is 4.79 Å². The van der Waals surface area contributed by atoms with E-state index in [1.54, 1.807) is 0 Å². The first-order valence-corrected chi connectivity index (χ1v) is 6.30. The van der Waals surface area contributed by atoms with E-state index in [4.69, 9.17) is 0 Å². The van der Waals surface area contributed by atoms with E-state index >= 15 is 0 Å². The first kappa shape index (κ1) is 12.1. The molecule has 17 heavy (non-hydrogen) atoms. The van der Waals surface area contributed by atoms with E-state index in [1.807, 2.05) is 37.3 Å². The minimum atomic E-state index is 0.0954. The van der Waals surface area contributed by atoms with Crippen molar-refractivity contribution in [2.45, 2.75) is 25.8 Å². The molecule has 1 saturated heterocycles. The largest absolute Gasteiger partial charge is 0.350 e. The number of hydrogen-bond acceptors (Lipinski definition) is 2. The zero-order valence-corrected chi connectivity index (χ0v) is 10.3. The van der Waals surface area contributed by atoms with E-state index in [9.17, 15) is 4.79 Å². The van der Waals surface area contributed by atoms with Crippen molar-refractivity contribution >= 4 is 5.91 Å². The molecule has 0 bridgehead atoms. The van der Waals surface area contributed by atoms with Crippen molar-refractivity contribution in [3.8, 4) is 0 Å². The van der Waals surface area contributed by atoms with E-state index in [0.717, 1.165) is 25.1 Å². The van der Waals surface area contributed by atoms with E-state index in [-0.39, 0.29) is 11.9 Å². The fourth-order valence-corrected chi connectivity index (χ4v) is 2.28. The summed E-state index contributed by atoms with van der Waals surface area (Å²) >= 11 is 0. The molecule has 2 atom stereocenters. The molecular formula is C14H20N2O. The summed E-state index contributed by atoms with van der Waals surface area (Å²) in [6.45, 7) is 4.06. The van der Waals surface area contributed by atoms with Crippen LogP contribution in [0.15, 0.2) is 30.3 Å². The van der Waals surface area contributed by atoms with Gasteiger partial charge in [0.15, 0.2) is 0 Å². The SMILES string of the molecule is C[C@@H](NC(=O)CC1CCNC1)c1ccccc1. The van der Waals surface area contributed by atoms with Gasteiger partial charge in [0.1, 0.15) is 0 Å². The van der Waals surface area contributed by atoms with Crippen LogP contribution in [0, 0.1) is 5.92 Å². The Labute approximate surface area is 103 Å². The zero-order valence-electron chi connectivity index (χ0n) is 10.3. The van der Waals surface area contributed by atoms with Crippen molar-refractivity contribution in [1.29, 1.82) is 0 Å². The summed E-state index contributed by atoms with van der Waals surface area (Å²) in [5.74, 6) is 0.674.